The van der Waals surface area contributed by atoms with Crippen LogP contribution in [0.3, 0.4) is 0 Å². The third-order valence-corrected chi connectivity index (χ3v) is 0.953. The molecule has 0 N–H and O–H groups in total. The number of hydrogen-bond donors (Lipinski definition) is 0. The molecule has 0 aliphatic rings. The molecule has 0 saturated carbocycles. The molecule has 3 nitrogen and oxygen atoms in total. The van der Waals surface area contributed by atoms with Crippen molar-refractivity contribution in [2.24, 2.45) is 4.99 Å². The number of methoxy groups -OCH3 is 1. The largest absolute Gasteiger partial charge is 0.464 e. The molecule has 0 bridgehead atoms. The zero-order chi connectivity index (χ0) is 9.72. The van der Waals surface area contributed by atoms with E-state index in [2.05, 4.69) is 22.9 Å². The Kier molecular flexibility index (Phi) is 4.21. The van der Waals surface area contributed by atoms with Crippen LogP contribution in [0.4, 0.5) is 4.39 Å². The van der Waals surface area contributed by atoms with Gasteiger partial charge < -0.3 is 4.74 Å². The van der Waals surface area contributed by atoms with E-state index in [1.165, 1.54) is 0 Å². The SMILES string of the molecule is C=C(Cl)/N=C(\C(=C)F)C(=O)OC. The van der Waals surface area contributed by atoms with Crippen molar-refractivity contribution in [1.29, 1.82) is 0 Å². The fraction of sp³-hybridized carbons (Fsp3) is 0.143. The Hall–Kier alpha value is -1.16. The number of ether oxygens (including phenoxy) is 1. The first-order valence-electron chi connectivity index (χ1n) is 2.85. The molecule has 0 heterocycles. The summed E-state index contributed by atoms with van der Waals surface area (Å²) in [5.41, 5.74) is -0.572. The molecule has 5 heteroatoms. The van der Waals surface area contributed by atoms with E-state index in [0.717, 1.165) is 7.11 Å². The molecule has 0 aromatic carbocycles. The van der Waals surface area contributed by atoms with Crippen molar-refractivity contribution in [3.8, 4) is 0 Å². The van der Waals surface area contributed by atoms with Gasteiger partial charge in [0.2, 0.25) is 0 Å². The highest BCUT2D eigenvalue weighted by atomic mass is 35.5. The molecular formula is C7H7ClFNO2. The molecule has 0 aromatic rings. The summed E-state index contributed by atoms with van der Waals surface area (Å²) >= 11 is 5.22. The van der Waals surface area contributed by atoms with E-state index in [0.29, 0.717) is 0 Å². The first-order chi connectivity index (χ1) is 5.49. The molecule has 0 fully saturated rings. The smallest absolute Gasteiger partial charge is 0.359 e. The van der Waals surface area contributed by atoms with E-state index in [1.54, 1.807) is 0 Å². The number of rotatable bonds is 3. The maximum Gasteiger partial charge on any atom is 0.359 e. The van der Waals surface area contributed by atoms with Crippen LogP contribution in [0.1, 0.15) is 0 Å². The summed E-state index contributed by atoms with van der Waals surface area (Å²) in [5.74, 6) is -1.95. The predicted molar refractivity (Wildman–Crippen MR) is 44.7 cm³/mol. The van der Waals surface area contributed by atoms with Crippen molar-refractivity contribution in [3.63, 3.8) is 0 Å². The third kappa shape index (κ3) is 3.30. The van der Waals surface area contributed by atoms with Gasteiger partial charge in [-0.2, -0.15) is 0 Å². The zero-order valence-electron chi connectivity index (χ0n) is 6.43. The van der Waals surface area contributed by atoms with Gasteiger partial charge in [0.05, 0.1) is 7.11 Å². The van der Waals surface area contributed by atoms with Crippen molar-refractivity contribution < 1.29 is 13.9 Å². The van der Waals surface area contributed by atoms with Crippen molar-refractivity contribution in [2.75, 3.05) is 7.11 Å². The van der Waals surface area contributed by atoms with Gasteiger partial charge in [-0.25, -0.2) is 14.2 Å². The van der Waals surface area contributed by atoms with Gasteiger partial charge in [0, 0.05) is 0 Å². The first kappa shape index (κ1) is 10.8. The molecular weight excluding hydrogens is 185 g/mol. The van der Waals surface area contributed by atoms with E-state index in [1.807, 2.05) is 0 Å². The Morgan fingerprint density at radius 3 is 2.33 bits per heavy atom. The highest BCUT2D eigenvalue weighted by molar-refractivity contribution is 6.44. The Morgan fingerprint density at radius 1 is 1.58 bits per heavy atom. The summed E-state index contributed by atoms with van der Waals surface area (Å²) in [7, 11) is 1.10. The van der Waals surface area contributed by atoms with Gasteiger partial charge >= 0.3 is 5.97 Å². The van der Waals surface area contributed by atoms with Gasteiger partial charge in [-0.3, -0.25) is 0 Å². The maximum atomic E-state index is 12.4. The van der Waals surface area contributed by atoms with Crippen LogP contribution in [0.5, 0.6) is 0 Å². The number of carbonyl (C=O) groups is 1. The van der Waals surface area contributed by atoms with Crippen LogP contribution >= 0.6 is 11.6 Å². The molecule has 12 heavy (non-hydrogen) atoms. The summed E-state index contributed by atoms with van der Waals surface area (Å²) in [4.78, 5) is 14.0. The van der Waals surface area contributed by atoms with Gasteiger partial charge in [0.25, 0.3) is 0 Å². The summed E-state index contributed by atoms with van der Waals surface area (Å²) in [6, 6.07) is 0. The second kappa shape index (κ2) is 4.66. The van der Waals surface area contributed by atoms with Crippen molar-refractivity contribution >= 4 is 23.3 Å². The molecule has 66 valence electrons. The predicted octanol–water partition coefficient (Wildman–Crippen LogP) is 1.79. The average molecular weight is 192 g/mol. The first-order valence-corrected chi connectivity index (χ1v) is 3.23. The summed E-state index contributed by atoms with van der Waals surface area (Å²) in [6.07, 6.45) is 0. The second-order valence-electron chi connectivity index (χ2n) is 1.73. The lowest BCUT2D eigenvalue weighted by molar-refractivity contribution is -0.132. The minimum Gasteiger partial charge on any atom is -0.464 e. The van der Waals surface area contributed by atoms with Gasteiger partial charge in [-0.1, -0.05) is 24.8 Å². The van der Waals surface area contributed by atoms with Crippen LogP contribution in [0.2, 0.25) is 0 Å². The maximum absolute atomic E-state index is 12.4. The van der Waals surface area contributed by atoms with Crippen LogP contribution in [-0.4, -0.2) is 18.8 Å². The molecule has 0 unspecified atom stereocenters. The molecule has 0 aliphatic heterocycles. The van der Waals surface area contributed by atoms with Gasteiger partial charge in [-0.05, 0) is 0 Å². The lowest BCUT2D eigenvalue weighted by Gasteiger charge is -1.98. The minimum atomic E-state index is -1.01. The number of esters is 1. The molecule has 0 spiro atoms. The quantitative estimate of drug-likeness (QED) is 0.388. The summed E-state index contributed by atoms with van der Waals surface area (Å²) in [6.45, 7) is 6.04. The average Bonchev–Trinajstić information content (AvgIpc) is 1.98. The molecule has 0 radical (unpaired) electrons. The monoisotopic (exact) mass is 191 g/mol. The lowest BCUT2D eigenvalue weighted by Crippen LogP contribution is -2.15. The summed E-state index contributed by atoms with van der Waals surface area (Å²) < 4.78 is 16.6. The topological polar surface area (TPSA) is 38.7 Å². The number of halogens is 2. The van der Waals surface area contributed by atoms with Crippen LogP contribution in [-0.2, 0) is 9.53 Å². The van der Waals surface area contributed by atoms with Crippen LogP contribution in [0.25, 0.3) is 0 Å². The molecule has 0 aromatic heterocycles. The van der Waals surface area contributed by atoms with E-state index < -0.39 is 17.5 Å². The Balaban J connectivity index is 4.79. The Bertz CT molecular complexity index is 260. The Labute approximate surface area is 74.2 Å². The third-order valence-electron chi connectivity index (χ3n) is 0.869. The van der Waals surface area contributed by atoms with E-state index in [9.17, 15) is 9.18 Å². The van der Waals surface area contributed by atoms with Crippen molar-refractivity contribution in [1.82, 2.24) is 0 Å². The highest BCUT2D eigenvalue weighted by Gasteiger charge is 2.15. The highest BCUT2D eigenvalue weighted by Crippen LogP contribution is 2.05. The van der Waals surface area contributed by atoms with E-state index in [-0.39, 0.29) is 5.16 Å². The minimum absolute atomic E-state index is 0.214. The molecule has 0 saturated heterocycles. The molecule has 0 amide bonds. The summed E-state index contributed by atoms with van der Waals surface area (Å²) in [5, 5.41) is -0.214. The second-order valence-corrected chi connectivity index (χ2v) is 2.17. The van der Waals surface area contributed by atoms with Crippen LogP contribution in [0, 0.1) is 0 Å². The zero-order valence-corrected chi connectivity index (χ0v) is 7.19. The number of aliphatic imine (C=N–C) groups is 1. The fourth-order valence-electron chi connectivity index (χ4n) is 0.435. The standard InChI is InChI=1S/C7H7ClFNO2/c1-4(9)6(7(11)12-3)10-5(2)8/h1-2H2,3H3/b10-6+. The van der Waals surface area contributed by atoms with Crippen LogP contribution < -0.4 is 0 Å². The fourth-order valence-corrected chi connectivity index (χ4v) is 0.520. The normalized spacial score (nSPS) is 10.8. The lowest BCUT2D eigenvalue weighted by atomic mass is 10.3. The molecule has 0 rings (SSSR count). The van der Waals surface area contributed by atoms with Gasteiger partial charge in [0.15, 0.2) is 5.71 Å². The number of carbonyl (C=O) groups excluding carboxylic acids is 1. The van der Waals surface area contributed by atoms with Gasteiger partial charge in [-0.15, -0.1) is 0 Å². The Morgan fingerprint density at radius 2 is 2.08 bits per heavy atom. The van der Waals surface area contributed by atoms with Gasteiger partial charge in [0.1, 0.15) is 11.0 Å². The van der Waals surface area contributed by atoms with Crippen LogP contribution in [0.15, 0.2) is 29.1 Å². The number of hydrogen-bond acceptors (Lipinski definition) is 3. The van der Waals surface area contributed by atoms with Crippen molar-refractivity contribution in [3.05, 3.63) is 24.1 Å². The molecule has 0 aliphatic carbocycles. The van der Waals surface area contributed by atoms with Crippen molar-refractivity contribution in [2.45, 2.75) is 0 Å². The van der Waals surface area contributed by atoms with E-state index in [4.69, 9.17) is 11.6 Å². The van der Waals surface area contributed by atoms with E-state index >= 15 is 0 Å². The molecule has 0 atom stereocenters. The number of nitrogens with zero attached hydrogens (tertiary/aromatic N) is 1.